The third kappa shape index (κ3) is 2.73. The Kier molecular flexibility index (Phi) is 4.43. The molecule has 0 amide bonds. The van der Waals surface area contributed by atoms with Crippen molar-refractivity contribution in [2.24, 2.45) is 0 Å². The molecule has 0 aliphatic carbocycles. The summed E-state index contributed by atoms with van der Waals surface area (Å²) >= 11 is 11.3. The molecular formula is C11H12Cl2O. The Bertz CT molecular complexity index is 334. The molecule has 0 heterocycles. The topological polar surface area (TPSA) is 17.1 Å². The maximum atomic E-state index is 11.6. The largest absolute Gasteiger partial charge is 0.294 e. The number of aryl methyl sites for hydroxylation is 1. The van der Waals surface area contributed by atoms with E-state index in [4.69, 9.17) is 23.2 Å². The molecule has 0 unspecified atom stereocenters. The highest BCUT2D eigenvalue weighted by molar-refractivity contribution is 6.20. The van der Waals surface area contributed by atoms with Crippen molar-refractivity contribution in [3.05, 3.63) is 34.9 Å². The van der Waals surface area contributed by atoms with Crippen LogP contribution in [0.4, 0.5) is 0 Å². The van der Waals surface area contributed by atoms with Crippen molar-refractivity contribution < 1.29 is 4.79 Å². The predicted molar refractivity (Wildman–Crippen MR) is 60.4 cm³/mol. The molecule has 0 spiro atoms. The SMILES string of the molecule is Cc1ccc(C(=O)CCCl)c(CCl)c1. The number of alkyl halides is 2. The number of hydrogen-bond acceptors (Lipinski definition) is 1. The van der Waals surface area contributed by atoms with Crippen molar-refractivity contribution in [2.45, 2.75) is 19.2 Å². The van der Waals surface area contributed by atoms with Gasteiger partial charge in [0.1, 0.15) is 0 Å². The van der Waals surface area contributed by atoms with Crippen molar-refractivity contribution in [2.75, 3.05) is 5.88 Å². The lowest BCUT2D eigenvalue weighted by Gasteiger charge is -2.06. The lowest BCUT2D eigenvalue weighted by atomic mass is 10.0. The van der Waals surface area contributed by atoms with Crippen LogP contribution in [0.25, 0.3) is 0 Å². The first-order valence-electron chi connectivity index (χ1n) is 4.43. The van der Waals surface area contributed by atoms with Gasteiger partial charge in [0, 0.05) is 23.7 Å². The molecule has 1 aromatic rings. The average molecular weight is 231 g/mol. The summed E-state index contributed by atoms with van der Waals surface area (Å²) < 4.78 is 0. The molecule has 76 valence electrons. The minimum Gasteiger partial charge on any atom is -0.294 e. The van der Waals surface area contributed by atoms with E-state index in [1.54, 1.807) is 0 Å². The van der Waals surface area contributed by atoms with Crippen LogP contribution >= 0.6 is 23.2 Å². The van der Waals surface area contributed by atoms with Crippen LogP contribution < -0.4 is 0 Å². The monoisotopic (exact) mass is 230 g/mol. The first-order valence-corrected chi connectivity index (χ1v) is 5.50. The summed E-state index contributed by atoms with van der Waals surface area (Å²) in [6.07, 6.45) is 0.370. The van der Waals surface area contributed by atoms with Crippen molar-refractivity contribution in [1.29, 1.82) is 0 Å². The van der Waals surface area contributed by atoms with Gasteiger partial charge in [-0.05, 0) is 12.5 Å². The molecule has 0 saturated carbocycles. The Balaban J connectivity index is 3.01. The number of benzene rings is 1. The lowest BCUT2D eigenvalue weighted by Crippen LogP contribution is -2.03. The summed E-state index contributed by atoms with van der Waals surface area (Å²) in [4.78, 5) is 11.6. The second-order valence-electron chi connectivity index (χ2n) is 3.16. The number of carbonyl (C=O) groups is 1. The molecular weight excluding hydrogens is 219 g/mol. The van der Waals surface area contributed by atoms with Gasteiger partial charge in [-0.1, -0.05) is 23.8 Å². The van der Waals surface area contributed by atoms with E-state index in [2.05, 4.69) is 0 Å². The first kappa shape index (κ1) is 11.5. The van der Waals surface area contributed by atoms with Crippen LogP contribution in [0, 0.1) is 6.92 Å². The van der Waals surface area contributed by atoms with E-state index in [0.29, 0.717) is 23.7 Å². The van der Waals surface area contributed by atoms with Crippen molar-refractivity contribution in [3.63, 3.8) is 0 Å². The molecule has 0 bridgehead atoms. The van der Waals surface area contributed by atoms with Gasteiger partial charge < -0.3 is 0 Å². The molecule has 1 nitrogen and oxygen atoms in total. The Morgan fingerprint density at radius 2 is 2.07 bits per heavy atom. The minimum absolute atomic E-state index is 0.0654. The van der Waals surface area contributed by atoms with E-state index in [0.717, 1.165) is 11.1 Å². The van der Waals surface area contributed by atoms with Crippen LogP contribution in [0.1, 0.15) is 27.9 Å². The fraction of sp³-hybridized carbons (Fsp3) is 0.364. The van der Waals surface area contributed by atoms with Gasteiger partial charge in [0.05, 0.1) is 0 Å². The molecule has 0 aliphatic rings. The second kappa shape index (κ2) is 5.38. The van der Waals surface area contributed by atoms with E-state index in [1.165, 1.54) is 0 Å². The number of Topliss-reactive ketones (excluding diaryl/α,β-unsaturated/α-hetero) is 1. The van der Waals surface area contributed by atoms with Crippen molar-refractivity contribution in [3.8, 4) is 0 Å². The molecule has 1 rings (SSSR count). The zero-order valence-corrected chi connectivity index (χ0v) is 9.53. The summed E-state index contributed by atoms with van der Waals surface area (Å²) in [5, 5.41) is 0. The van der Waals surface area contributed by atoms with Crippen LogP contribution in [0.2, 0.25) is 0 Å². The molecule has 0 N–H and O–H groups in total. The minimum atomic E-state index is 0.0654. The Hall–Kier alpha value is -0.530. The number of ketones is 1. The Labute approximate surface area is 94.0 Å². The van der Waals surface area contributed by atoms with Crippen LogP contribution in [0.3, 0.4) is 0 Å². The van der Waals surface area contributed by atoms with Gasteiger partial charge in [-0.15, -0.1) is 23.2 Å². The van der Waals surface area contributed by atoms with Crippen molar-refractivity contribution in [1.82, 2.24) is 0 Å². The molecule has 0 fully saturated rings. The van der Waals surface area contributed by atoms with Gasteiger partial charge >= 0.3 is 0 Å². The summed E-state index contributed by atoms with van der Waals surface area (Å²) in [7, 11) is 0. The van der Waals surface area contributed by atoms with Crippen LogP contribution in [0.15, 0.2) is 18.2 Å². The van der Waals surface area contributed by atoms with Crippen LogP contribution in [-0.4, -0.2) is 11.7 Å². The van der Waals surface area contributed by atoms with E-state index in [1.807, 2.05) is 25.1 Å². The third-order valence-corrected chi connectivity index (χ3v) is 2.50. The summed E-state index contributed by atoms with van der Waals surface area (Å²) in [5.41, 5.74) is 2.70. The molecule has 0 aromatic heterocycles. The highest BCUT2D eigenvalue weighted by atomic mass is 35.5. The number of halogens is 2. The maximum Gasteiger partial charge on any atom is 0.164 e. The molecule has 3 heteroatoms. The molecule has 14 heavy (non-hydrogen) atoms. The number of rotatable bonds is 4. The van der Waals surface area contributed by atoms with Gasteiger partial charge in [-0.3, -0.25) is 4.79 Å². The standard InChI is InChI=1S/C11H12Cl2O/c1-8-2-3-10(9(6-8)7-13)11(14)4-5-12/h2-3,6H,4-5,7H2,1H3. The highest BCUT2D eigenvalue weighted by Gasteiger charge is 2.09. The fourth-order valence-electron chi connectivity index (χ4n) is 1.33. The van der Waals surface area contributed by atoms with E-state index < -0.39 is 0 Å². The number of carbonyl (C=O) groups excluding carboxylic acids is 1. The Morgan fingerprint density at radius 1 is 1.36 bits per heavy atom. The first-order chi connectivity index (χ1) is 6.69. The van der Waals surface area contributed by atoms with Crippen molar-refractivity contribution >= 4 is 29.0 Å². The second-order valence-corrected chi connectivity index (χ2v) is 3.80. The molecule has 0 saturated heterocycles. The highest BCUT2D eigenvalue weighted by Crippen LogP contribution is 2.16. The van der Waals surface area contributed by atoms with E-state index >= 15 is 0 Å². The van der Waals surface area contributed by atoms with Gasteiger partial charge in [0.2, 0.25) is 0 Å². The lowest BCUT2D eigenvalue weighted by molar-refractivity contribution is 0.0988. The average Bonchev–Trinajstić information content (AvgIpc) is 2.17. The molecule has 0 atom stereocenters. The smallest absolute Gasteiger partial charge is 0.164 e. The molecule has 0 aliphatic heterocycles. The maximum absolute atomic E-state index is 11.6. The van der Waals surface area contributed by atoms with Gasteiger partial charge in [-0.2, -0.15) is 0 Å². The van der Waals surface area contributed by atoms with Crippen LogP contribution in [0.5, 0.6) is 0 Å². The molecule has 1 aromatic carbocycles. The predicted octanol–water partition coefficient (Wildman–Crippen LogP) is 3.55. The van der Waals surface area contributed by atoms with Gasteiger partial charge in [0.15, 0.2) is 5.78 Å². The van der Waals surface area contributed by atoms with Gasteiger partial charge in [0.25, 0.3) is 0 Å². The quantitative estimate of drug-likeness (QED) is 0.572. The normalized spacial score (nSPS) is 10.2. The Morgan fingerprint density at radius 3 is 2.64 bits per heavy atom. The van der Waals surface area contributed by atoms with E-state index in [-0.39, 0.29) is 5.78 Å². The summed E-state index contributed by atoms with van der Waals surface area (Å²) in [6, 6.07) is 5.67. The fourth-order valence-corrected chi connectivity index (χ4v) is 1.72. The summed E-state index contributed by atoms with van der Waals surface area (Å²) in [5.74, 6) is 0.787. The van der Waals surface area contributed by atoms with E-state index in [9.17, 15) is 4.79 Å². The van der Waals surface area contributed by atoms with Crippen LogP contribution in [-0.2, 0) is 5.88 Å². The third-order valence-electron chi connectivity index (χ3n) is 2.03. The zero-order chi connectivity index (χ0) is 10.6. The molecule has 0 radical (unpaired) electrons. The van der Waals surface area contributed by atoms with Gasteiger partial charge in [-0.25, -0.2) is 0 Å². The summed E-state index contributed by atoms with van der Waals surface area (Å²) in [6.45, 7) is 1.98. The zero-order valence-electron chi connectivity index (χ0n) is 8.02. The number of hydrogen-bond donors (Lipinski definition) is 0.